The Balaban J connectivity index is 1.54. The fourth-order valence-electron chi connectivity index (χ4n) is 3.78. The number of carbonyl (C=O) groups is 2. The molecule has 1 aliphatic carbocycles. The summed E-state index contributed by atoms with van der Waals surface area (Å²) < 4.78 is 5.44. The summed E-state index contributed by atoms with van der Waals surface area (Å²) in [5.74, 6) is -0.108. The summed E-state index contributed by atoms with van der Waals surface area (Å²) in [6.07, 6.45) is 3.34. The predicted molar refractivity (Wildman–Crippen MR) is 94.2 cm³/mol. The molecule has 0 unspecified atom stereocenters. The Kier molecular flexibility index (Phi) is 4.26. The zero-order chi connectivity index (χ0) is 18.1. The fraction of sp³-hybridized carbons (Fsp3) is 0.450. The number of aromatic nitrogens is 1. The maximum Gasteiger partial charge on any atom is 0.311 e. The Hall–Kier alpha value is -2.63. The van der Waals surface area contributed by atoms with Gasteiger partial charge in [-0.3, -0.25) is 9.59 Å². The van der Waals surface area contributed by atoms with E-state index in [1.165, 1.54) is 0 Å². The van der Waals surface area contributed by atoms with Gasteiger partial charge in [0.05, 0.1) is 5.41 Å². The first-order valence-electron chi connectivity index (χ1n) is 9.11. The van der Waals surface area contributed by atoms with Crippen molar-refractivity contribution >= 4 is 11.9 Å². The SMILES string of the molecule is O=C(C1CC1)N1CCC[C@](Cc2cc(-c3ccccc3)no2)(C(=O)O)C1. The van der Waals surface area contributed by atoms with Crippen LogP contribution in [0.4, 0.5) is 0 Å². The zero-order valence-corrected chi connectivity index (χ0v) is 14.6. The van der Waals surface area contributed by atoms with Crippen molar-refractivity contribution < 1.29 is 19.2 Å². The van der Waals surface area contributed by atoms with E-state index < -0.39 is 11.4 Å². The zero-order valence-electron chi connectivity index (χ0n) is 14.6. The minimum absolute atomic E-state index is 0.106. The van der Waals surface area contributed by atoms with Crippen molar-refractivity contribution in [1.82, 2.24) is 10.1 Å². The van der Waals surface area contributed by atoms with Gasteiger partial charge >= 0.3 is 5.97 Å². The van der Waals surface area contributed by atoms with Gasteiger partial charge in [0, 0.05) is 37.1 Å². The van der Waals surface area contributed by atoms with Gasteiger partial charge in [0.25, 0.3) is 0 Å². The van der Waals surface area contributed by atoms with E-state index in [1.807, 2.05) is 36.4 Å². The summed E-state index contributed by atoms with van der Waals surface area (Å²) in [5.41, 5.74) is 0.625. The van der Waals surface area contributed by atoms with Crippen LogP contribution in [0, 0.1) is 11.3 Å². The molecule has 1 aromatic carbocycles. The third-order valence-electron chi connectivity index (χ3n) is 5.41. The first-order chi connectivity index (χ1) is 12.6. The summed E-state index contributed by atoms with van der Waals surface area (Å²) in [4.78, 5) is 26.3. The van der Waals surface area contributed by atoms with Crippen molar-refractivity contribution in [1.29, 1.82) is 0 Å². The van der Waals surface area contributed by atoms with E-state index >= 15 is 0 Å². The monoisotopic (exact) mass is 354 g/mol. The maximum atomic E-state index is 12.4. The minimum atomic E-state index is -1.00. The van der Waals surface area contributed by atoms with Crippen molar-refractivity contribution in [2.75, 3.05) is 13.1 Å². The molecule has 2 fully saturated rings. The second-order valence-corrected chi connectivity index (χ2v) is 7.44. The van der Waals surface area contributed by atoms with Crippen LogP contribution in [0.25, 0.3) is 11.3 Å². The molecule has 6 nitrogen and oxygen atoms in total. The normalized spacial score (nSPS) is 23.0. The Morgan fingerprint density at radius 1 is 1.27 bits per heavy atom. The largest absolute Gasteiger partial charge is 0.481 e. The lowest BCUT2D eigenvalue weighted by Gasteiger charge is -2.39. The molecule has 2 aliphatic rings. The molecule has 136 valence electrons. The number of amides is 1. The molecule has 1 amide bonds. The molecule has 0 radical (unpaired) electrons. The third kappa shape index (κ3) is 3.23. The van der Waals surface area contributed by atoms with E-state index in [9.17, 15) is 14.7 Å². The van der Waals surface area contributed by atoms with Crippen molar-refractivity contribution in [2.45, 2.75) is 32.1 Å². The third-order valence-corrected chi connectivity index (χ3v) is 5.41. The molecule has 1 atom stereocenters. The second-order valence-electron chi connectivity index (χ2n) is 7.44. The van der Waals surface area contributed by atoms with Gasteiger partial charge in [-0.15, -0.1) is 0 Å². The lowest BCUT2D eigenvalue weighted by molar-refractivity contribution is -0.155. The van der Waals surface area contributed by atoms with Crippen LogP contribution in [0.1, 0.15) is 31.4 Å². The van der Waals surface area contributed by atoms with Crippen LogP contribution in [-0.2, 0) is 16.0 Å². The van der Waals surface area contributed by atoms with Crippen LogP contribution in [0.15, 0.2) is 40.9 Å². The Morgan fingerprint density at radius 2 is 2.04 bits per heavy atom. The molecular formula is C20H22N2O4. The number of hydrogen-bond acceptors (Lipinski definition) is 4. The number of aliphatic carboxylic acids is 1. The summed E-state index contributed by atoms with van der Waals surface area (Å²) in [7, 11) is 0. The topological polar surface area (TPSA) is 83.6 Å². The van der Waals surface area contributed by atoms with Gasteiger partial charge in [-0.05, 0) is 25.7 Å². The molecule has 6 heteroatoms. The Labute approximate surface area is 151 Å². The van der Waals surface area contributed by atoms with Crippen molar-refractivity contribution in [3.63, 3.8) is 0 Å². The fourth-order valence-corrected chi connectivity index (χ4v) is 3.78. The van der Waals surface area contributed by atoms with Crippen LogP contribution in [0.2, 0.25) is 0 Å². The van der Waals surface area contributed by atoms with Crippen LogP contribution >= 0.6 is 0 Å². The summed E-state index contributed by atoms with van der Waals surface area (Å²) in [6, 6.07) is 11.4. The maximum absolute atomic E-state index is 12.4. The molecule has 0 bridgehead atoms. The van der Waals surface area contributed by atoms with Crippen molar-refractivity contribution in [3.8, 4) is 11.3 Å². The molecule has 0 spiro atoms. The number of carbonyl (C=O) groups excluding carboxylic acids is 1. The standard InChI is InChI=1S/C20H22N2O4/c23-18(15-7-8-15)22-10-4-9-20(13-22,19(24)25)12-16-11-17(21-26-16)14-5-2-1-3-6-14/h1-3,5-6,11,15H,4,7-10,12-13H2,(H,24,25)/t20-/m1/s1. The van der Waals surface area contributed by atoms with E-state index in [0.717, 1.165) is 18.4 Å². The highest BCUT2D eigenvalue weighted by Crippen LogP contribution is 2.38. The van der Waals surface area contributed by atoms with E-state index in [1.54, 1.807) is 4.90 Å². The van der Waals surface area contributed by atoms with Crippen LogP contribution in [0.5, 0.6) is 0 Å². The molecule has 4 rings (SSSR count). The lowest BCUT2D eigenvalue weighted by Crippen LogP contribution is -2.51. The number of benzene rings is 1. The molecule has 1 aromatic heterocycles. The number of rotatable bonds is 5. The minimum Gasteiger partial charge on any atom is -0.481 e. The number of hydrogen-bond donors (Lipinski definition) is 1. The van der Waals surface area contributed by atoms with Crippen molar-refractivity contribution in [3.05, 3.63) is 42.2 Å². The highest BCUT2D eigenvalue weighted by molar-refractivity contribution is 5.83. The molecule has 2 heterocycles. The van der Waals surface area contributed by atoms with Gasteiger partial charge in [0.15, 0.2) is 0 Å². The van der Waals surface area contributed by atoms with Gasteiger partial charge in [-0.2, -0.15) is 0 Å². The molecule has 26 heavy (non-hydrogen) atoms. The van der Waals surface area contributed by atoms with Crippen LogP contribution in [-0.4, -0.2) is 40.1 Å². The smallest absolute Gasteiger partial charge is 0.311 e. The molecule has 1 aliphatic heterocycles. The second kappa shape index (κ2) is 6.59. The van der Waals surface area contributed by atoms with Crippen molar-refractivity contribution in [2.24, 2.45) is 11.3 Å². The van der Waals surface area contributed by atoms with E-state index in [4.69, 9.17) is 4.52 Å². The number of likely N-dealkylation sites (tertiary alicyclic amines) is 1. The van der Waals surface area contributed by atoms with Crippen LogP contribution in [0.3, 0.4) is 0 Å². The summed E-state index contributed by atoms with van der Waals surface area (Å²) in [5, 5.41) is 14.0. The first kappa shape index (κ1) is 16.8. The molecule has 1 N–H and O–H groups in total. The Morgan fingerprint density at radius 3 is 2.73 bits per heavy atom. The molecule has 2 aromatic rings. The Bertz CT molecular complexity index is 812. The number of carboxylic acids is 1. The quantitative estimate of drug-likeness (QED) is 0.892. The predicted octanol–water partition coefficient (Wildman–Crippen LogP) is 2.99. The van der Waals surface area contributed by atoms with Crippen LogP contribution < -0.4 is 0 Å². The number of nitrogens with zero attached hydrogens (tertiary/aromatic N) is 2. The van der Waals surface area contributed by atoms with Gasteiger partial charge in [0.1, 0.15) is 11.5 Å². The molecule has 1 saturated carbocycles. The van der Waals surface area contributed by atoms with E-state index in [-0.39, 0.29) is 24.8 Å². The summed E-state index contributed by atoms with van der Waals surface area (Å²) >= 11 is 0. The van der Waals surface area contributed by atoms with Gasteiger partial charge in [-0.25, -0.2) is 0 Å². The number of carboxylic acid groups (broad SMARTS) is 1. The highest BCUT2D eigenvalue weighted by atomic mass is 16.5. The highest BCUT2D eigenvalue weighted by Gasteiger charge is 2.46. The molecule has 1 saturated heterocycles. The average Bonchev–Trinajstić information content (AvgIpc) is 3.41. The number of piperidine rings is 1. The molecular weight excluding hydrogens is 332 g/mol. The average molecular weight is 354 g/mol. The van der Waals surface area contributed by atoms with Gasteiger partial charge < -0.3 is 14.5 Å². The first-order valence-corrected chi connectivity index (χ1v) is 9.11. The van der Waals surface area contributed by atoms with Gasteiger partial charge in [-0.1, -0.05) is 35.5 Å². The lowest BCUT2D eigenvalue weighted by atomic mass is 9.76. The van der Waals surface area contributed by atoms with E-state index in [2.05, 4.69) is 5.16 Å². The van der Waals surface area contributed by atoms with Gasteiger partial charge in [0.2, 0.25) is 5.91 Å². The van der Waals surface area contributed by atoms with E-state index in [0.29, 0.717) is 30.8 Å². The summed E-state index contributed by atoms with van der Waals surface area (Å²) in [6.45, 7) is 0.898.